The van der Waals surface area contributed by atoms with Gasteiger partial charge in [-0.3, -0.25) is 9.59 Å². The second-order valence-electron chi connectivity index (χ2n) is 6.17. The third-order valence-electron chi connectivity index (χ3n) is 4.25. The fourth-order valence-electron chi connectivity index (χ4n) is 2.83. The Labute approximate surface area is 148 Å². The Morgan fingerprint density at radius 3 is 2.54 bits per heavy atom. The van der Waals surface area contributed by atoms with Crippen LogP contribution in [0.15, 0.2) is 24.3 Å². The minimum absolute atomic E-state index is 0. The third-order valence-corrected chi connectivity index (χ3v) is 4.25. The summed E-state index contributed by atoms with van der Waals surface area (Å²) in [4.78, 5) is 25.6. The van der Waals surface area contributed by atoms with Gasteiger partial charge in [0, 0.05) is 32.6 Å². The van der Waals surface area contributed by atoms with Gasteiger partial charge in [0.15, 0.2) is 0 Å². The van der Waals surface area contributed by atoms with Crippen LogP contribution in [0, 0.1) is 5.92 Å². The van der Waals surface area contributed by atoms with Crippen molar-refractivity contribution >= 4 is 24.2 Å². The molecule has 134 valence electrons. The predicted molar refractivity (Wildman–Crippen MR) is 95.0 cm³/mol. The first-order chi connectivity index (χ1) is 11.0. The van der Waals surface area contributed by atoms with Gasteiger partial charge in [0.05, 0.1) is 5.92 Å². The van der Waals surface area contributed by atoms with Crippen molar-refractivity contribution in [3.63, 3.8) is 0 Å². The maximum absolute atomic E-state index is 12.3. The second-order valence-corrected chi connectivity index (χ2v) is 6.17. The van der Waals surface area contributed by atoms with E-state index < -0.39 is 0 Å². The molecule has 4 N–H and O–H groups in total. The molecule has 0 saturated carbocycles. The molecule has 1 aliphatic rings. The van der Waals surface area contributed by atoms with Crippen molar-refractivity contribution in [1.82, 2.24) is 10.2 Å². The van der Waals surface area contributed by atoms with Gasteiger partial charge >= 0.3 is 0 Å². The summed E-state index contributed by atoms with van der Waals surface area (Å²) in [7, 11) is 0. The fraction of sp³-hybridized carbons (Fsp3) is 0.529. The number of phenolic OH excluding ortho intramolecular Hbond substituents is 1. The molecule has 1 saturated heterocycles. The lowest BCUT2D eigenvalue weighted by Crippen LogP contribution is -2.42. The number of amides is 2. The fourth-order valence-corrected chi connectivity index (χ4v) is 2.83. The number of benzene rings is 1. The first-order valence-electron chi connectivity index (χ1n) is 8.02. The van der Waals surface area contributed by atoms with E-state index in [4.69, 9.17) is 5.73 Å². The van der Waals surface area contributed by atoms with Crippen molar-refractivity contribution in [3.05, 3.63) is 29.8 Å². The lowest BCUT2D eigenvalue weighted by molar-refractivity contribution is -0.131. The third kappa shape index (κ3) is 6.02. The van der Waals surface area contributed by atoms with E-state index in [-0.39, 0.29) is 41.9 Å². The zero-order valence-corrected chi connectivity index (χ0v) is 14.7. The van der Waals surface area contributed by atoms with Crippen LogP contribution >= 0.6 is 12.4 Å². The van der Waals surface area contributed by atoms with Crippen LogP contribution in [0.5, 0.6) is 5.75 Å². The minimum Gasteiger partial charge on any atom is -0.508 e. The van der Waals surface area contributed by atoms with Crippen LogP contribution in [-0.4, -0.2) is 47.5 Å². The second kappa shape index (κ2) is 9.49. The zero-order valence-electron chi connectivity index (χ0n) is 13.9. The Hall–Kier alpha value is -1.79. The molecule has 0 spiro atoms. The van der Waals surface area contributed by atoms with Crippen molar-refractivity contribution < 1.29 is 14.7 Å². The normalized spacial score (nSPS) is 20.7. The molecule has 2 rings (SSSR count). The monoisotopic (exact) mass is 355 g/mol. The Balaban J connectivity index is 0.00000288. The number of nitrogens with one attached hydrogen (secondary N) is 1. The van der Waals surface area contributed by atoms with Crippen LogP contribution in [0.1, 0.15) is 25.3 Å². The lowest BCUT2D eigenvalue weighted by atomic mass is 10.0. The largest absolute Gasteiger partial charge is 0.508 e. The smallest absolute Gasteiger partial charge is 0.224 e. The summed E-state index contributed by atoms with van der Waals surface area (Å²) in [5, 5.41) is 12.2. The van der Waals surface area contributed by atoms with Crippen molar-refractivity contribution in [3.8, 4) is 5.75 Å². The summed E-state index contributed by atoms with van der Waals surface area (Å²) >= 11 is 0. The number of nitrogens with zero attached hydrogens (tertiary/aromatic N) is 1. The van der Waals surface area contributed by atoms with E-state index in [2.05, 4.69) is 5.32 Å². The maximum atomic E-state index is 12.3. The molecular formula is C17H26ClN3O3. The van der Waals surface area contributed by atoms with Gasteiger partial charge in [0.25, 0.3) is 0 Å². The van der Waals surface area contributed by atoms with Gasteiger partial charge in [0.2, 0.25) is 11.8 Å². The number of nitrogens with two attached hydrogens (primary N) is 1. The van der Waals surface area contributed by atoms with E-state index in [9.17, 15) is 14.7 Å². The zero-order chi connectivity index (χ0) is 16.8. The average Bonchev–Trinajstić information content (AvgIpc) is 2.71. The number of rotatable bonds is 4. The van der Waals surface area contributed by atoms with Crippen LogP contribution in [0.2, 0.25) is 0 Å². The molecule has 1 aromatic rings. The van der Waals surface area contributed by atoms with Gasteiger partial charge in [-0.15, -0.1) is 12.4 Å². The van der Waals surface area contributed by atoms with E-state index in [0.29, 0.717) is 32.5 Å². The number of hydrogen-bond acceptors (Lipinski definition) is 4. The molecule has 0 unspecified atom stereocenters. The molecule has 0 radical (unpaired) electrons. The Bertz CT molecular complexity index is 551. The van der Waals surface area contributed by atoms with Gasteiger partial charge in [-0.05, 0) is 37.0 Å². The summed E-state index contributed by atoms with van der Waals surface area (Å²) < 4.78 is 0. The standard InChI is InChI=1S/C17H25N3O3.ClH/c1-12(21)20-10-14(4-5-15(18)11-20)17(23)19-9-8-13-2-6-16(22)7-3-13;/h2-3,6-7,14-15,22H,4-5,8-11,18H2,1H3,(H,19,23);1H/t14-,15+;/m1./s1. The van der Waals surface area contributed by atoms with Crippen LogP contribution in [0.25, 0.3) is 0 Å². The Morgan fingerprint density at radius 2 is 1.92 bits per heavy atom. The Morgan fingerprint density at radius 1 is 1.25 bits per heavy atom. The predicted octanol–water partition coefficient (Wildman–Crippen LogP) is 1.06. The molecule has 2 atom stereocenters. The van der Waals surface area contributed by atoms with Crippen LogP contribution in [0.3, 0.4) is 0 Å². The highest BCUT2D eigenvalue weighted by molar-refractivity contribution is 5.85. The summed E-state index contributed by atoms with van der Waals surface area (Å²) in [5.41, 5.74) is 7.02. The molecule has 1 fully saturated rings. The number of phenols is 1. The minimum atomic E-state index is -0.202. The number of halogens is 1. The van der Waals surface area contributed by atoms with Crippen molar-refractivity contribution in [1.29, 1.82) is 0 Å². The molecule has 1 aliphatic heterocycles. The molecule has 7 heteroatoms. The number of aromatic hydroxyl groups is 1. The summed E-state index contributed by atoms with van der Waals surface area (Å²) in [6, 6.07) is 6.88. The molecule has 2 amide bonds. The average molecular weight is 356 g/mol. The SMILES string of the molecule is CC(=O)N1C[C@@H](N)CC[C@@H](C(=O)NCCc2ccc(O)cc2)C1.Cl. The number of carbonyl (C=O) groups is 2. The van der Waals surface area contributed by atoms with Crippen molar-refractivity contribution in [2.24, 2.45) is 11.7 Å². The molecule has 0 aromatic heterocycles. The van der Waals surface area contributed by atoms with Crippen LogP contribution in [-0.2, 0) is 16.0 Å². The molecule has 24 heavy (non-hydrogen) atoms. The van der Waals surface area contributed by atoms with Crippen molar-refractivity contribution in [2.45, 2.75) is 32.2 Å². The first-order valence-corrected chi connectivity index (χ1v) is 8.02. The van der Waals surface area contributed by atoms with Gasteiger partial charge < -0.3 is 21.1 Å². The summed E-state index contributed by atoms with van der Waals surface area (Å²) in [5.74, 6) is -0.0301. The van der Waals surface area contributed by atoms with E-state index in [1.807, 2.05) is 12.1 Å². The molecule has 6 nitrogen and oxygen atoms in total. The maximum Gasteiger partial charge on any atom is 0.224 e. The van der Waals surface area contributed by atoms with E-state index in [1.165, 1.54) is 6.92 Å². The van der Waals surface area contributed by atoms with E-state index in [1.54, 1.807) is 17.0 Å². The molecule has 0 bridgehead atoms. The van der Waals surface area contributed by atoms with E-state index >= 15 is 0 Å². The van der Waals surface area contributed by atoms with Crippen molar-refractivity contribution in [2.75, 3.05) is 19.6 Å². The summed E-state index contributed by atoms with van der Waals surface area (Å²) in [6.07, 6.45) is 2.16. The highest BCUT2D eigenvalue weighted by atomic mass is 35.5. The van der Waals surface area contributed by atoms with Gasteiger partial charge in [-0.2, -0.15) is 0 Å². The van der Waals surface area contributed by atoms with Gasteiger partial charge in [-0.1, -0.05) is 12.1 Å². The molecule has 0 aliphatic carbocycles. The Kier molecular flexibility index (Phi) is 8.01. The topological polar surface area (TPSA) is 95.7 Å². The molecular weight excluding hydrogens is 330 g/mol. The highest BCUT2D eigenvalue weighted by Crippen LogP contribution is 2.16. The summed E-state index contributed by atoms with van der Waals surface area (Å²) in [6.45, 7) is 3.00. The molecule has 1 aromatic carbocycles. The van der Waals surface area contributed by atoms with Gasteiger partial charge in [-0.25, -0.2) is 0 Å². The van der Waals surface area contributed by atoms with Crippen LogP contribution in [0.4, 0.5) is 0 Å². The van der Waals surface area contributed by atoms with Crippen LogP contribution < -0.4 is 11.1 Å². The number of carbonyl (C=O) groups excluding carboxylic acids is 2. The highest BCUT2D eigenvalue weighted by Gasteiger charge is 2.27. The van der Waals surface area contributed by atoms with E-state index in [0.717, 1.165) is 12.0 Å². The number of hydrogen-bond donors (Lipinski definition) is 3. The van der Waals surface area contributed by atoms with Gasteiger partial charge in [0.1, 0.15) is 5.75 Å². The first kappa shape index (κ1) is 20.3. The quantitative estimate of drug-likeness (QED) is 0.752. The number of likely N-dealkylation sites (tertiary alicyclic amines) is 1. The molecule has 1 heterocycles. The lowest BCUT2D eigenvalue weighted by Gasteiger charge is -2.23.